The predicted octanol–water partition coefficient (Wildman–Crippen LogP) is -0.0473. The summed E-state index contributed by atoms with van der Waals surface area (Å²) < 4.78 is 0. The van der Waals surface area contributed by atoms with Crippen LogP contribution in [0.25, 0.3) is 0 Å². The summed E-state index contributed by atoms with van der Waals surface area (Å²) >= 11 is 0. The highest BCUT2D eigenvalue weighted by molar-refractivity contribution is 5.85. The van der Waals surface area contributed by atoms with Crippen LogP contribution in [-0.4, -0.2) is 36.5 Å². The van der Waals surface area contributed by atoms with Gasteiger partial charge in [-0.3, -0.25) is 4.79 Å². The quantitative estimate of drug-likeness (QED) is 0.653. The van der Waals surface area contributed by atoms with Gasteiger partial charge in [0.05, 0.1) is 6.54 Å². The SMILES string of the molecule is CC1(C)CN(C(=O)CN)CCC1N.Cl. The third-order valence-electron chi connectivity index (χ3n) is 2.84. The zero-order valence-corrected chi connectivity index (χ0v) is 9.64. The third-order valence-corrected chi connectivity index (χ3v) is 2.84. The Kier molecular flexibility index (Phi) is 4.84. The Balaban J connectivity index is 0.00000169. The van der Waals surface area contributed by atoms with Gasteiger partial charge in [-0.15, -0.1) is 12.4 Å². The van der Waals surface area contributed by atoms with E-state index in [1.165, 1.54) is 0 Å². The maximum atomic E-state index is 11.3. The molecule has 0 spiro atoms. The van der Waals surface area contributed by atoms with Crippen LogP contribution in [0.15, 0.2) is 0 Å². The summed E-state index contributed by atoms with van der Waals surface area (Å²) in [6, 6.07) is 0.189. The van der Waals surface area contributed by atoms with E-state index in [9.17, 15) is 4.79 Å². The molecule has 1 unspecified atom stereocenters. The molecule has 14 heavy (non-hydrogen) atoms. The third kappa shape index (κ3) is 2.83. The first kappa shape index (κ1) is 13.7. The molecule has 0 bridgehead atoms. The summed E-state index contributed by atoms with van der Waals surface area (Å²) in [5, 5.41) is 0. The Bertz CT molecular complexity index is 208. The van der Waals surface area contributed by atoms with E-state index in [0.29, 0.717) is 0 Å². The van der Waals surface area contributed by atoms with Gasteiger partial charge >= 0.3 is 0 Å². The molecule has 1 rings (SSSR count). The molecule has 1 heterocycles. The van der Waals surface area contributed by atoms with Crippen molar-refractivity contribution in [3.8, 4) is 0 Å². The maximum Gasteiger partial charge on any atom is 0.236 e. The molecular formula is C9H20ClN3O. The van der Waals surface area contributed by atoms with Crippen molar-refractivity contribution in [1.82, 2.24) is 4.90 Å². The summed E-state index contributed by atoms with van der Waals surface area (Å²) in [7, 11) is 0. The van der Waals surface area contributed by atoms with E-state index < -0.39 is 0 Å². The van der Waals surface area contributed by atoms with Crippen LogP contribution < -0.4 is 11.5 Å². The van der Waals surface area contributed by atoms with Crippen molar-refractivity contribution in [2.24, 2.45) is 16.9 Å². The number of likely N-dealkylation sites (tertiary alicyclic amines) is 1. The minimum Gasteiger partial charge on any atom is -0.341 e. The van der Waals surface area contributed by atoms with Crippen molar-refractivity contribution >= 4 is 18.3 Å². The molecule has 1 aliphatic heterocycles. The fourth-order valence-electron chi connectivity index (χ4n) is 1.72. The number of piperidine rings is 1. The van der Waals surface area contributed by atoms with Crippen molar-refractivity contribution < 1.29 is 4.79 Å². The molecule has 0 aromatic heterocycles. The van der Waals surface area contributed by atoms with Crippen LogP contribution in [-0.2, 0) is 4.79 Å². The van der Waals surface area contributed by atoms with Crippen LogP contribution in [0, 0.1) is 5.41 Å². The molecule has 1 aliphatic rings. The number of nitrogens with zero attached hydrogens (tertiary/aromatic N) is 1. The molecule has 1 saturated heterocycles. The minimum absolute atomic E-state index is 0. The van der Waals surface area contributed by atoms with E-state index in [4.69, 9.17) is 11.5 Å². The van der Waals surface area contributed by atoms with Crippen LogP contribution in [0.5, 0.6) is 0 Å². The smallest absolute Gasteiger partial charge is 0.236 e. The zero-order chi connectivity index (χ0) is 10.1. The van der Waals surface area contributed by atoms with Crippen molar-refractivity contribution in [3.63, 3.8) is 0 Å². The number of rotatable bonds is 1. The summed E-state index contributed by atoms with van der Waals surface area (Å²) in [4.78, 5) is 13.1. The molecule has 0 aliphatic carbocycles. The Morgan fingerprint density at radius 3 is 2.57 bits per heavy atom. The lowest BCUT2D eigenvalue weighted by Gasteiger charge is -2.42. The second kappa shape index (κ2) is 4.96. The molecule has 0 saturated carbocycles. The fraction of sp³-hybridized carbons (Fsp3) is 0.889. The molecule has 84 valence electrons. The van der Waals surface area contributed by atoms with E-state index in [2.05, 4.69) is 13.8 Å². The molecule has 4 nitrogen and oxygen atoms in total. The summed E-state index contributed by atoms with van der Waals surface area (Å²) in [6.45, 7) is 5.76. The Labute approximate surface area is 91.4 Å². The topological polar surface area (TPSA) is 72.3 Å². The zero-order valence-electron chi connectivity index (χ0n) is 8.82. The van der Waals surface area contributed by atoms with Gasteiger partial charge in [0.15, 0.2) is 0 Å². The number of hydrogen-bond donors (Lipinski definition) is 2. The highest BCUT2D eigenvalue weighted by Gasteiger charge is 2.34. The van der Waals surface area contributed by atoms with Crippen LogP contribution >= 0.6 is 12.4 Å². The Morgan fingerprint density at radius 1 is 1.57 bits per heavy atom. The number of hydrogen-bond acceptors (Lipinski definition) is 3. The second-order valence-corrected chi connectivity index (χ2v) is 4.40. The molecule has 1 atom stereocenters. The molecule has 1 amide bonds. The van der Waals surface area contributed by atoms with Gasteiger partial charge in [0.1, 0.15) is 0 Å². The standard InChI is InChI=1S/C9H19N3O.ClH/c1-9(2)6-12(8(13)5-10)4-3-7(9)11;/h7H,3-6,10-11H2,1-2H3;1H. The number of halogens is 1. The molecule has 4 N–H and O–H groups in total. The van der Waals surface area contributed by atoms with Gasteiger partial charge in [0, 0.05) is 19.1 Å². The highest BCUT2D eigenvalue weighted by atomic mass is 35.5. The summed E-state index contributed by atoms with van der Waals surface area (Å²) in [5.74, 6) is 0.0278. The van der Waals surface area contributed by atoms with Crippen molar-refractivity contribution in [1.29, 1.82) is 0 Å². The predicted molar refractivity (Wildman–Crippen MR) is 59.3 cm³/mol. The molecule has 0 radical (unpaired) electrons. The van der Waals surface area contributed by atoms with Gasteiger partial charge in [0.2, 0.25) is 5.91 Å². The number of nitrogens with two attached hydrogens (primary N) is 2. The molecule has 1 fully saturated rings. The van der Waals surface area contributed by atoms with Crippen molar-refractivity contribution in [2.75, 3.05) is 19.6 Å². The van der Waals surface area contributed by atoms with E-state index in [-0.39, 0.29) is 36.3 Å². The highest BCUT2D eigenvalue weighted by Crippen LogP contribution is 2.27. The number of amides is 1. The minimum atomic E-state index is 0. The molecule has 0 aromatic carbocycles. The van der Waals surface area contributed by atoms with Crippen LogP contribution in [0.1, 0.15) is 20.3 Å². The molecule has 5 heteroatoms. The normalized spacial score (nSPS) is 25.4. The first-order chi connectivity index (χ1) is 5.97. The number of carbonyl (C=O) groups is 1. The van der Waals surface area contributed by atoms with Gasteiger partial charge < -0.3 is 16.4 Å². The van der Waals surface area contributed by atoms with E-state index in [1.54, 1.807) is 0 Å². The largest absolute Gasteiger partial charge is 0.341 e. The summed E-state index contributed by atoms with van der Waals surface area (Å²) in [5.41, 5.74) is 11.3. The van der Waals surface area contributed by atoms with Crippen LogP contribution in [0.2, 0.25) is 0 Å². The lowest BCUT2D eigenvalue weighted by Crippen LogP contribution is -2.55. The van der Waals surface area contributed by atoms with Gasteiger partial charge in [-0.25, -0.2) is 0 Å². The van der Waals surface area contributed by atoms with E-state index in [0.717, 1.165) is 19.5 Å². The lowest BCUT2D eigenvalue weighted by molar-refractivity contribution is -0.133. The number of carbonyl (C=O) groups excluding carboxylic acids is 1. The lowest BCUT2D eigenvalue weighted by atomic mass is 9.80. The molecule has 0 aromatic rings. The average molecular weight is 222 g/mol. The maximum absolute atomic E-state index is 11.3. The molecular weight excluding hydrogens is 202 g/mol. The average Bonchev–Trinajstić information content (AvgIpc) is 2.08. The Hall–Kier alpha value is -0.320. The van der Waals surface area contributed by atoms with Gasteiger partial charge in [-0.1, -0.05) is 13.8 Å². The summed E-state index contributed by atoms with van der Waals surface area (Å²) in [6.07, 6.45) is 0.874. The van der Waals surface area contributed by atoms with Crippen LogP contribution in [0.3, 0.4) is 0 Å². The second-order valence-electron chi connectivity index (χ2n) is 4.40. The van der Waals surface area contributed by atoms with Gasteiger partial charge in [-0.05, 0) is 11.8 Å². The fourth-order valence-corrected chi connectivity index (χ4v) is 1.72. The van der Waals surface area contributed by atoms with Crippen molar-refractivity contribution in [2.45, 2.75) is 26.3 Å². The van der Waals surface area contributed by atoms with Crippen molar-refractivity contribution in [3.05, 3.63) is 0 Å². The van der Waals surface area contributed by atoms with Gasteiger partial charge in [-0.2, -0.15) is 0 Å². The van der Waals surface area contributed by atoms with E-state index >= 15 is 0 Å². The van der Waals surface area contributed by atoms with E-state index in [1.807, 2.05) is 4.90 Å². The monoisotopic (exact) mass is 221 g/mol. The van der Waals surface area contributed by atoms with Crippen LogP contribution in [0.4, 0.5) is 0 Å². The first-order valence-corrected chi connectivity index (χ1v) is 4.71. The van der Waals surface area contributed by atoms with Gasteiger partial charge in [0.25, 0.3) is 0 Å². The Morgan fingerprint density at radius 2 is 2.14 bits per heavy atom. The first-order valence-electron chi connectivity index (χ1n) is 4.71.